The van der Waals surface area contributed by atoms with E-state index in [1.807, 2.05) is 29.2 Å². The number of fused-ring (bicyclic) bond motifs is 3. The van der Waals surface area contributed by atoms with Crippen molar-refractivity contribution in [3.05, 3.63) is 142 Å². The van der Waals surface area contributed by atoms with Gasteiger partial charge in [0.1, 0.15) is 5.75 Å². The van der Waals surface area contributed by atoms with E-state index in [-0.39, 0.29) is 41.9 Å². The maximum absolute atomic E-state index is 15.5. The van der Waals surface area contributed by atoms with Crippen molar-refractivity contribution in [2.24, 2.45) is 0 Å². The number of carbonyl (C=O) groups excluding carboxylic acids is 3. The molecule has 0 saturated carbocycles. The first-order chi connectivity index (χ1) is 28.3. The number of phenolic OH excluding ortho intramolecular Hbond substituents is 1. The number of aromatic hydroxyl groups is 1. The summed E-state index contributed by atoms with van der Waals surface area (Å²) in [5.74, 6) is 0.0746. The van der Waals surface area contributed by atoms with E-state index in [0.717, 1.165) is 91.1 Å². The molecule has 1 aromatic heterocycles. The summed E-state index contributed by atoms with van der Waals surface area (Å²) < 4.78 is 7.94. The number of aromatic nitrogens is 1. The predicted molar refractivity (Wildman–Crippen MR) is 231 cm³/mol. The van der Waals surface area contributed by atoms with Gasteiger partial charge in [-0.1, -0.05) is 54.6 Å². The van der Waals surface area contributed by atoms with E-state index in [1.54, 1.807) is 36.2 Å². The van der Waals surface area contributed by atoms with Crippen LogP contribution in [0, 0.1) is 0 Å². The minimum absolute atomic E-state index is 0. The highest BCUT2D eigenvalue weighted by atomic mass is 35.5. The highest BCUT2D eigenvalue weighted by Gasteiger charge is 2.36. The number of benzene rings is 4. The maximum atomic E-state index is 15.5. The zero-order chi connectivity index (χ0) is 39.8. The Labute approximate surface area is 352 Å². The first-order valence-electron chi connectivity index (χ1n) is 20.8. The zero-order valence-corrected chi connectivity index (χ0v) is 34.5. The fourth-order valence-corrected chi connectivity index (χ4v) is 9.35. The van der Waals surface area contributed by atoms with Crippen LogP contribution in [0.15, 0.2) is 97.1 Å². The third kappa shape index (κ3) is 8.26. The van der Waals surface area contributed by atoms with Crippen LogP contribution in [0.5, 0.6) is 5.75 Å². The molecule has 1 atom stereocenters. The second kappa shape index (κ2) is 17.4. The number of phenols is 1. The van der Waals surface area contributed by atoms with E-state index in [2.05, 4.69) is 62.9 Å². The van der Waals surface area contributed by atoms with Crippen molar-refractivity contribution in [2.45, 2.75) is 70.7 Å². The van der Waals surface area contributed by atoms with Crippen molar-refractivity contribution in [1.29, 1.82) is 0 Å². The van der Waals surface area contributed by atoms with Gasteiger partial charge in [0.05, 0.1) is 18.8 Å². The highest BCUT2D eigenvalue weighted by Crippen LogP contribution is 2.39. The van der Waals surface area contributed by atoms with E-state index in [0.29, 0.717) is 62.5 Å². The van der Waals surface area contributed by atoms with Crippen LogP contribution in [-0.4, -0.2) is 88.0 Å². The highest BCUT2D eigenvalue weighted by molar-refractivity contribution is 6.08. The molecule has 4 aromatic carbocycles. The molecule has 0 unspecified atom stereocenters. The van der Waals surface area contributed by atoms with Gasteiger partial charge < -0.3 is 29.1 Å². The molecule has 9 rings (SSSR count). The van der Waals surface area contributed by atoms with Crippen molar-refractivity contribution < 1.29 is 24.2 Å². The van der Waals surface area contributed by atoms with Gasteiger partial charge in [-0.05, 0) is 102 Å². The van der Waals surface area contributed by atoms with E-state index in [1.165, 1.54) is 5.56 Å². The molecule has 10 nitrogen and oxygen atoms in total. The first kappa shape index (κ1) is 40.4. The Morgan fingerprint density at radius 2 is 1.49 bits per heavy atom. The second-order valence-electron chi connectivity index (χ2n) is 16.3. The van der Waals surface area contributed by atoms with Crippen molar-refractivity contribution in [3.63, 3.8) is 0 Å². The van der Waals surface area contributed by atoms with Crippen molar-refractivity contribution in [3.8, 4) is 17.0 Å². The van der Waals surface area contributed by atoms with Crippen molar-refractivity contribution >= 4 is 35.8 Å². The number of hydrogen-bond acceptors (Lipinski definition) is 6. The number of hydrogen-bond donors (Lipinski definition) is 1. The lowest BCUT2D eigenvalue weighted by molar-refractivity contribution is -0.131. The number of anilines is 1. The fourth-order valence-electron chi connectivity index (χ4n) is 9.35. The molecule has 4 aliphatic heterocycles. The first-order valence-corrected chi connectivity index (χ1v) is 20.8. The largest absolute Gasteiger partial charge is 0.508 e. The Kier molecular flexibility index (Phi) is 11.9. The molecule has 0 bridgehead atoms. The van der Waals surface area contributed by atoms with Gasteiger partial charge in [0.2, 0.25) is 5.91 Å². The van der Waals surface area contributed by atoms with Crippen LogP contribution in [-0.2, 0) is 55.0 Å². The zero-order valence-electron chi connectivity index (χ0n) is 33.6. The SMILES string of the molecule is CN(C(=O)c1cc(-c2cc3c(cc2C(=O)N2Cc4ccccc4C[C@H]2CN2CCOCC2)CN(C(=O)CCc2ccccc2)C3)n2c1CCCC2)c1ccc(O)cc1.Cl. The summed E-state index contributed by atoms with van der Waals surface area (Å²) in [6.07, 6.45) is 4.56. The number of nitrogens with zero attached hydrogens (tertiary/aromatic N) is 5. The molecule has 5 heterocycles. The van der Waals surface area contributed by atoms with Crippen molar-refractivity contribution in [2.75, 3.05) is 44.8 Å². The molecule has 1 saturated heterocycles. The lowest BCUT2D eigenvalue weighted by atomic mass is 9.91. The Morgan fingerprint density at radius 1 is 0.780 bits per heavy atom. The van der Waals surface area contributed by atoms with Crippen LogP contribution in [0.1, 0.15) is 73.5 Å². The average Bonchev–Trinajstić information content (AvgIpc) is 3.87. The Morgan fingerprint density at radius 3 is 2.25 bits per heavy atom. The minimum atomic E-state index is -0.134. The van der Waals surface area contributed by atoms with Crippen LogP contribution in [0.2, 0.25) is 0 Å². The Balaban J connectivity index is 0.00000484. The van der Waals surface area contributed by atoms with Gasteiger partial charge >= 0.3 is 0 Å². The minimum Gasteiger partial charge on any atom is -0.508 e. The molecule has 4 aliphatic rings. The molecule has 0 radical (unpaired) electrons. The Bertz CT molecular complexity index is 2340. The molecule has 3 amide bonds. The predicted octanol–water partition coefficient (Wildman–Crippen LogP) is 7.27. The number of rotatable bonds is 9. The van der Waals surface area contributed by atoms with Crippen LogP contribution in [0.4, 0.5) is 5.69 Å². The molecule has 1 N–H and O–H groups in total. The normalized spacial score (nSPS) is 17.4. The van der Waals surface area contributed by atoms with E-state index in [9.17, 15) is 14.7 Å². The quantitative estimate of drug-likeness (QED) is 0.168. The smallest absolute Gasteiger partial charge is 0.259 e. The van der Waals surface area contributed by atoms with Gasteiger partial charge in [0, 0.05) is 93.5 Å². The standard InChI is InChI=1S/C48H51N5O5.ClH/c1-49(38-15-17-40(54)18-16-38)47(56)43-28-45(52-20-8-7-13-44(43)52)41-26-36-29-51(46(55)19-14-33-9-3-2-4-10-33)30-37(36)27-42(41)48(57)53-31-35-12-6-5-11-34(35)25-39(53)32-50-21-23-58-24-22-50;/h2-6,9-12,15-18,26-28,39,54H,7-8,13-14,19-25,29-32H2,1H3;1H/t39-;/m0./s1. The summed E-state index contributed by atoms with van der Waals surface area (Å²) >= 11 is 0. The number of morpholine rings is 1. The fraction of sp³-hybridized carbons (Fsp3) is 0.354. The summed E-state index contributed by atoms with van der Waals surface area (Å²) in [6, 6.07) is 31.4. The monoisotopic (exact) mass is 813 g/mol. The third-order valence-corrected chi connectivity index (χ3v) is 12.6. The summed E-state index contributed by atoms with van der Waals surface area (Å²) in [5.41, 5.74) is 10.2. The van der Waals surface area contributed by atoms with E-state index >= 15 is 4.79 Å². The maximum Gasteiger partial charge on any atom is 0.259 e. The molecule has 306 valence electrons. The molecule has 0 aliphatic carbocycles. The molecular weight excluding hydrogens is 762 g/mol. The average molecular weight is 814 g/mol. The number of carbonyl (C=O) groups is 3. The number of halogens is 1. The van der Waals surface area contributed by atoms with Crippen LogP contribution >= 0.6 is 12.4 Å². The van der Waals surface area contributed by atoms with Crippen molar-refractivity contribution in [1.82, 2.24) is 19.3 Å². The van der Waals surface area contributed by atoms with Gasteiger partial charge in [0.15, 0.2) is 0 Å². The summed E-state index contributed by atoms with van der Waals surface area (Å²) in [4.78, 5) is 51.5. The molecule has 1 fully saturated rings. The molecule has 5 aromatic rings. The second-order valence-corrected chi connectivity index (χ2v) is 16.3. The summed E-state index contributed by atoms with van der Waals surface area (Å²) in [6.45, 7) is 6.00. The summed E-state index contributed by atoms with van der Waals surface area (Å²) in [5, 5.41) is 9.91. The van der Waals surface area contributed by atoms with Crippen LogP contribution in [0.25, 0.3) is 11.3 Å². The van der Waals surface area contributed by atoms with E-state index in [4.69, 9.17) is 4.74 Å². The molecule has 11 heteroatoms. The third-order valence-electron chi connectivity index (χ3n) is 12.6. The van der Waals surface area contributed by atoms with E-state index < -0.39 is 0 Å². The van der Waals surface area contributed by atoms with Gasteiger partial charge in [0.25, 0.3) is 11.8 Å². The molecular formula is C48H52ClN5O5. The number of aryl methyl sites for hydroxylation is 1. The number of amides is 3. The van der Waals surface area contributed by atoms with Crippen LogP contribution < -0.4 is 4.90 Å². The lowest BCUT2D eigenvalue weighted by Gasteiger charge is -2.40. The number of ether oxygens (including phenoxy) is 1. The van der Waals surface area contributed by atoms with Gasteiger partial charge in [-0.3, -0.25) is 19.3 Å². The molecule has 0 spiro atoms. The summed E-state index contributed by atoms with van der Waals surface area (Å²) in [7, 11) is 1.76. The topological polar surface area (TPSA) is 98.6 Å². The van der Waals surface area contributed by atoms with Gasteiger partial charge in [-0.2, -0.15) is 0 Å². The Hall–Kier alpha value is -5.42. The van der Waals surface area contributed by atoms with Gasteiger partial charge in [-0.15, -0.1) is 12.4 Å². The lowest BCUT2D eigenvalue weighted by Crippen LogP contribution is -2.52. The van der Waals surface area contributed by atoms with Gasteiger partial charge in [-0.25, -0.2) is 0 Å². The van der Waals surface area contributed by atoms with Crippen LogP contribution in [0.3, 0.4) is 0 Å². The molecule has 59 heavy (non-hydrogen) atoms.